The van der Waals surface area contributed by atoms with E-state index in [1.807, 2.05) is 30.3 Å². The third-order valence-corrected chi connectivity index (χ3v) is 7.63. The molecule has 3 aromatic rings. The third-order valence-electron chi connectivity index (χ3n) is 7.63. The lowest BCUT2D eigenvalue weighted by Gasteiger charge is -2.38. The number of halogens is 2. The Kier molecular flexibility index (Phi) is 9.45. The van der Waals surface area contributed by atoms with Gasteiger partial charge in [-0.15, -0.1) is 0 Å². The average Bonchev–Trinajstić information content (AvgIpc) is 2.90. The summed E-state index contributed by atoms with van der Waals surface area (Å²) in [6.45, 7) is 2.56. The Hall–Kier alpha value is -3.06. The molecular formula is C30H36F2N2O3. The third kappa shape index (κ3) is 7.48. The summed E-state index contributed by atoms with van der Waals surface area (Å²) < 4.78 is 33.9. The number of ether oxygens (including phenoxy) is 1. The zero-order valence-corrected chi connectivity index (χ0v) is 21.4. The van der Waals surface area contributed by atoms with Crippen molar-refractivity contribution in [2.24, 2.45) is 11.8 Å². The van der Waals surface area contributed by atoms with Gasteiger partial charge in [-0.2, -0.15) is 0 Å². The van der Waals surface area contributed by atoms with E-state index in [1.165, 1.54) is 12.1 Å². The fourth-order valence-electron chi connectivity index (χ4n) is 5.57. The molecule has 0 spiro atoms. The van der Waals surface area contributed by atoms with Crippen molar-refractivity contribution in [1.29, 1.82) is 0 Å². The van der Waals surface area contributed by atoms with Crippen molar-refractivity contribution in [2.45, 2.75) is 51.1 Å². The van der Waals surface area contributed by atoms with E-state index >= 15 is 4.39 Å². The standard InChI is InChI=1S/C30H36F2N2O3/c1-37-25-10-12-29-27(19-25)26(13-15-33-29)28(32)11-7-22-14-17-34(20-23(22)18-30(35)36)16-3-2-4-21-5-8-24(31)9-6-21/h5-6,8-10,12-13,15,19,22-23,28H,2-4,7,11,14,16-18,20H2,1H3,(H,35,36)/t22-,23+,28+/m1/s1. The van der Waals surface area contributed by atoms with Gasteiger partial charge in [0.25, 0.3) is 0 Å². The first kappa shape index (κ1) is 27.0. The van der Waals surface area contributed by atoms with Gasteiger partial charge in [0.15, 0.2) is 0 Å². The highest BCUT2D eigenvalue weighted by Crippen LogP contribution is 2.36. The van der Waals surface area contributed by atoms with Crippen LogP contribution < -0.4 is 4.74 Å². The highest BCUT2D eigenvalue weighted by molar-refractivity contribution is 5.83. The highest BCUT2D eigenvalue weighted by Gasteiger charge is 2.31. The molecule has 1 aliphatic rings. The fourth-order valence-corrected chi connectivity index (χ4v) is 5.57. The van der Waals surface area contributed by atoms with E-state index in [0.717, 1.165) is 61.8 Å². The van der Waals surface area contributed by atoms with Gasteiger partial charge >= 0.3 is 5.97 Å². The molecule has 0 bridgehead atoms. The van der Waals surface area contributed by atoms with Gasteiger partial charge in [-0.25, -0.2) is 8.78 Å². The van der Waals surface area contributed by atoms with Crippen molar-refractivity contribution in [3.8, 4) is 5.75 Å². The van der Waals surface area contributed by atoms with Gasteiger partial charge in [0.1, 0.15) is 17.7 Å². The van der Waals surface area contributed by atoms with Gasteiger partial charge in [-0.3, -0.25) is 9.78 Å². The molecule has 1 fully saturated rings. The molecule has 1 saturated heterocycles. The number of aryl methyl sites for hydroxylation is 1. The molecule has 2 aromatic carbocycles. The molecule has 1 aromatic heterocycles. The van der Waals surface area contributed by atoms with Crippen LogP contribution in [0.25, 0.3) is 10.9 Å². The van der Waals surface area contributed by atoms with Crippen LogP contribution in [0.1, 0.15) is 55.8 Å². The Morgan fingerprint density at radius 2 is 1.97 bits per heavy atom. The predicted molar refractivity (Wildman–Crippen MR) is 141 cm³/mol. The molecule has 4 rings (SSSR count). The first-order valence-corrected chi connectivity index (χ1v) is 13.2. The maximum atomic E-state index is 15.5. The van der Waals surface area contributed by atoms with Crippen molar-refractivity contribution in [3.63, 3.8) is 0 Å². The summed E-state index contributed by atoms with van der Waals surface area (Å²) >= 11 is 0. The van der Waals surface area contributed by atoms with Crippen LogP contribution in [0, 0.1) is 17.7 Å². The van der Waals surface area contributed by atoms with Crippen molar-refractivity contribution in [2.75, 3.05) is 26.7 Å². The molecule has 0 saturated carbocycles. The summed E-state index contributed by atoms with van der Waals surface area (Å²) in [7, 11) is 1.59. The molecule has 0 unspecified atom stereocenters. The van der Waals surface area contributed by atoms with Gasteiger partial charge in [0.2, 0.25) is 0 Å². The number of carboxylic acids is 1. The van der Waals surface area contributed by atoms with Crippen LogP contribution in [0.5, 0.6) is 5.75 Å². The first-order valence-electron chi connectivity index (χ1n) is 13.2. The minimum absolute atomic E-state index is 0.0184. The van der Waals surface area contributed by atoms with Gasteiger partial charge < -0.3 is 14.7 Å². The monoisotopic (exact) mass is 510 g/mol. The van der Waals surface area contributed by atoms with Crippen LogP contribution in [-0.4, -0.2) is 47.7 Å². The molecule has 2 heterocycles. The first-order chi connectivity index (χ1) is 17.9. The lowest BCUT2D eigenvalue weighted by Crippen LogP contribution is -2.41. The van der Waals surface area contributed by atoms with Gasteiger partial charge in [0.05, 0.1) is 12.6 Å². The molecule has 198 valence electrons. The van der Waals surface area contributed by atoms with E-state index in [0.29, 0.717) is 24.2 Å². The number of alkyl halides is 1. The smallest absolute Gasteiger partial charge is 0.303 e. The summed E-state index contributed by atoms with van der Waals surface area (Å²) in [6, 6.07) is 13.9. The molecule has 7 heteroatoms. The largest absolute Gasteiger partial charge is 0.497 e. The van der Waals surface area contributed by atoms with Crippen LogP contribution in [0.3, 0.4) is 0 Å². The summed E-state index contributed by atoms with van der Waals surface area (Å²) in [6.07, 6.45) is 5.42. The normalized spacial score (nSPS) is 19.1. The lowest BCUT2D eigenvalue weighted by atomic mass is 9.79. The van der Waals surface area contributed by atoms with Crippen LogP contribution in [0.15, 0.2) is 54.7 Å². The number of likely N-dealkylation sites (tertiary alicyclic amines) is 1. The number of fused-ring (bicyclic) bond motifs is 1. The minimum atomic E-state index is -1.15. The molecular weight excluding hydrogens is 474 g/mol. The minimum Gasteiger partial charge on any atom is -0.497 e. The molecule has 37 heavy (non-hydrogen) atoms. The van der Waals surface area contributed by atoms with Gasteiger partial charge in [-0.05, 0) is 111 Å². The zero-order valence-electron chi connectivity index (χ0n) is 21.4. The predicted octanol–water partition coefficient (Wildman–Crippen LogP) is 6.61. The van der Waals surface area contributed by atoms with E-state index in [-0.39, 0.29) is 24.1 Å². The lowest BCUT2D eigenvalue weighted by molar-refractivity contribution is -0.139. The van der Waals surface area contributed by atoms with Gasteiger partial charge in [-0.1, -0.05) is 12.1 Å². The number of methoxy groups -OCH3 is 1. The van der Waals surface area contributed by atoms with E-state index in [2.05, 4.69) is 9.88 Å². The number of pyridine rings is 1. The fraction of sp³-hybridized carbons (Fsp3) is 0.467. The maximum Gasteiger partial charge on any atom is 0.303 e. The van der Waals surface area contributed by atoms with E-state index in [9.17, 15) is 14.3 Å². The van der Waals surface area contributed by atoms with E-state index in [1.54, 1.807) is 19.4 Å². The van der Waals surface area contributed by atoms with Crippen molar-refractivity contribution < 1.29 is 23.4 Å². The quantitative estimate of drug-likeness (QED) is 0.278. The number of aliphatic carboxylic acids is 1. The van der Waals surface area contributed by atoms with Crippen molar-refractivity contribution >= 4 is 16.9 Å². The highest BCUT2D eigenvalue weighted by atomic mass is 19.1. The van der Waals surface area contributed by atoms with Crippen LogP contribution >= 0.6 is 0 Å². The number of nitrogens with zero attached hydrogens (tertiary/aromatic N) is 2. The average molecular weight is 511 g/mol. The summed E-state index contributed by atoms with van der Waals surface area (Å²) in [4.78, 5) is 18.3. The van der Waals surface area contributed by atoms with Gasteiger partial charge in [0, 0.05) is 24.5 Å². The summed E-state index contributed by atoms with van der Waals surface area (Å²) in [5.41, 5.74) is 2.47. The maximum absolute atomic E-state index is 15.5. The molecule has 0 radical (unpaired) electrons. The second-order valence-corrected chi connectivity index (χ2v) is 10.1. The number of benzene rings is 2. The van der Waals surface area contributed by atoms with E-state index in [4.69, 9.17) is 4.74 Å². The number of hydrogen-bond acceptors (Lipinski definition) is 4. The van der Waals surface area contributed by atoms with Crippen molar-refractivity contribution in [3.05, 3.63) is 71.7 Å². The summed E-state index contributed by atoms with van der Waals surface area (Å²) in [5, 5.41) is 10.3. The Balaban J connectivity index is 1.30. The Morgan fingerprint density at radius 1 is 1.16 bits per heavy atom. The number of rotatable bonds is 12. The van der Waals surface area contributed by atoms with Crippen LogP contribution in [-0.2, 0) is 11.2 Å². The number of aromatic nitrogens is 1. The topological polar surface area (TPSA) is 62.7 Å². The second kappa shape index (κ2) is 13.0. The second-order valence-electron chi connectivity index (χ2n) is 10.1. The van der Waals surface area contributed by atoms with Crippen molar-refractivity contribution in [1.82, 2.24) is 9.88 Å². The Labute approximate surface area is 217 Å². The molecule has 3 atom stereocenters. The SMILES string of the molecule is COc1ccc2nccc([C@@H](F)CC[C@@H]3CCN(CCCCc4ccc(F)cc4)C[C@@H]3CC(=O)O)c2c1. The molecule has 0 amide bonds. The summed E-state index contributed by atoms with van der Waals surface area (Å²) in [5.74, 6) is -0.139. The molecule has 1 aliphatic heterocycles. The number of unbranched alkanes of at least 4 members (excludes halogenated alkanes) is 1. The number of piperidine rings is 1. The molecule has 0 aliphatic carbocycles. The van der Waals surface area contributed by atoms with Crippen LogP contribution in [0.4, 0.5) is 8.78 Å². The van der Waals surface area contributed by atoms with E-state index < -0.39 is 12.1 Å². The Bertz CT molecular complexity index is 1170. The number of carbonyl (C=O) groups is 1. The van der Waals surface area contributed by atoms with Crippen LogP contribution in [0.2, 0.25) is 0 Å². The molecule has 1 N–H and O–H groups in total. The number of hydrogen-bond donors (Lipinski definition) is 1. The number of carboxylic acid groups (broad SMARTS) is 1. The Morgan fingerprint density at radius 3 is 2.73 bits per heavy atom. The zero-order chi connectivity index (χ0) is 26.2. The molecule has 5 nitrogen and oxygen atoms in total.